The summed E-state index contributed by atoms with van der Waals surface area (Å²) in [6.45, 7) is 6.92. The van der Waals surface area contributed by atoms with Crippen molar-refractivity contribution in [3.05, 3.63) is 41.1 Å². The van der Waals surface area contributed by atoms with Gasteiger partial charge in [0.25, 0.3) is 5.91 Å². The lowest BCUT2D eigenvalue weighted by atomic mass is 10.1. The Morgan fingerprint density at radius 1 is 1.29 bits per heavy atom. The lowest BCUT2D eigenvalue weighted by Crippen LogP contribution is -2.45. The molecule has 1 aromatic heterocycles. The van der Waals surface area contributed by atoms with Gasteiger partial charge >= 0.3 is 0 Å². The van der Waals surface area contributed by atoms with E-state index >= 15 is 0 Å². The van der Waals surface area contributed by atoms with Crippen LogP contribution in [0.15, 0.2) is 22.6 Å². The molecule has 0 bridgehead atoms. The van der Waals surface area contributed by atoms with Crippen molar-refractivity contribution in [1.29, 1.82) is 0 Å². The first-order valence-corrected chi connectivity index (χ1v) is 7.92. The predicted molar refractivity (Wildman–Crippen MR) is 85.7 cm³/mol. The highest BCUT2D eigenvalue weighted by Crippen LogP contribution is 2.25. The molecule has 0 saturated carbocycles. The quantitative estimate of drug-likeness (QED) is 0.852. The molecule has 1 aromatic carbocycles. The highest BCUT2D eigenvalue weighted by atomic mass is 16.5. The Morgan fingerprint density at radius 2 is 2.04 bits per heavy atom. The number of morpholine rings is 1. The van der Waals surface area contributed by atoms with Gasteiger partial charge in [-0.1, -0.05) is 18.2 Å². The molecule has 3 rings (SSSR count). The predicted octanol–water partition coefficient (Wildman–Crippen LogP) is 1.97. The molecule has 7 heteroatoms. The minimum absolute atomic E-state index is 0.0324. The van der Waals surface area contributed by atoms with Crippen LogP contribution in [-0.4, -0.2) is 47.4 Å². The number of carbonyl (C=O) groups excluding carboxylic acids is 1. The molecule has 1 aliphatic heterocycles. The molecule has 0 spiro atoms. The monoisotopic (exact) mass is 331 g/mol. The van der Waals surface area contributed by atoms with Crippen molar-refractivity contribution in [2.75, 3.05) is 26.4 Å². The van der Waals surface area contributed by atoms with Gasteiger partial charge in [0, 0.05) is 13.5 Å². The number of benzene rings is 1. The molecule has 24 heavy (non-hydrogen) atoms. The molecule has 1 aliphatic rings. The second-order valence-electron chi connectivity index (χ2n) is 5.85. The second kappa shape index (κ2) is 7.00. The number of ether oxygens (including phenoxy) is 2. The third-order valence-corrected chi connectivity index (χ3v) is 4.02. The van der Waals surface area contributed by atoms with Gasteiger partial charge in [-0.15, -0.1) is 10.2 Å². The molecule has 2 heterocycles. The maximum Gasteiger partial charge on any atom is 0.261 e. The smallest absolute Gasteiger partial charge is 0.261 e. The van der Waals surface area contributed by atoms with Gasteiger partial charge in [0.15, 0.2) is 6.61 Å². The number of para-hydroxylation sites is 1. The van der Waals surface area contributed by atoms with Crippen LogP contribution in [0.1, 0.15) is 29.0 Å². The van der Waals surface area contributed by atoms with E-state index in [1.54, 1.807) is 11.8 Å². The lowest BCUT2D eigenvalue weighted by molar-refractivity contribution is -0.143. The topological polar surface area (TPSA) is 77.7 Å². The van der Waals surface area contributed by atoms with E-state index in [0.29, 0.717) is 31.5 Å². The van der Waals surface area contributed by atoms with Crippen molar-refractivity contribution in [2.45, 2.75) is 26.8 Å². The number of carbonyl (C=O) groups is 1. The van der Waals surface area contributed by atoms with E-state index in [1.807, 2.05) is 32.0 Å². The number of hydrogen-bond donors (Lipinski definition) is 0. The summed E-state index contributed by atoms with van der Waals surface area (Å²) in [5.74, 6) is 1.49. The van der Waals surface area contributed by atoms with Gasteiger partial charge in [-0.05, 0) is 25.0 Å². The van der Waals surface area contributed by atoms with Crippen LogP contribution in [0.4, 0.5) is 0 Å². The van der Waals surface area contributed by atoms with Crippen LogP contribution >= 0.6 is 0 Å². The Hall–Kier alpha value is -2.41. The molecule has 1 saturated heterocycles. The maximum absolute atomic E-state index is 12.6. The molecular weight excluding hydrogens is 310 g/mol. The summed E-state index contributed by atoms with van der Waals surface area (Å²) in [6, 6.07) is 5.53. The van der Waals surface area contributed by atoms with Gasteiger partial charge in [0.2, 0.25) is 11.8 Å². The minimum atomic E-state index is -0.367. The summed E-state index contributed by atoms with van der Waals surface area (Å²) in [5, 5.41) is 7.85. The van der Waals surface area contributed by atoms with Gasteiger partial charge in [-0.25, -0.2) is 0 Å². The fourth-order valence-electron chi connectivity index (χ4n) is 2.80. The highest BCUT2D eigenvalue weighted by Gasteiger charge is 2.32. The molecule has 2 aromatic rings. The Labute approximate surface area is 140 Å². The van der Waals surface area contributed by atoms with Crippen molar-refractivity contribution in [3.8, 4) is 5.75 Å². The first kappa shape index (κ1) is 16.4. The Bertz CT molecular complexity index is 708. The molecule has 128 valence electrons. The molecule has 1 fully saturated rings. The summed E-state index contributed by atoms with van der Waals surface area (Å²) in [7, 11) is 0. The number of aryl methyl sites for hydroxylation is 3. The van der Waals surface area contributed by atoms with Gasteiger partial charge in [-0.2, -0.15) is 0 Å². The average molecular weight is 331 g/mol. The summed E-state index contributed by atoms with van der Waals surface area (Å²) < 4.78 is 16.7. The minimum Gasteiger partial charge on any atom is -0.483 e. The van der Waals surface area contributed by atoms with Crippen LogP contribution in [0.25, 0.3) is 0 Å². The Morgan fingerprint density at radius 3 is 2.71 bits per heavy atom. The van der Waals surface area contributed by atoms with Gasteiger partial charge in [0.1, 0.15) is 11.8 Å². The molecule has 0 aliphatic carbocycles. The van der Waals surface area contributed by atoms with E-state index in [9.17, 15) is 4.79 Å². The number of amides is 1. The normalized spacial score (nSPS) is 17.8. The zero-order chi connectivity index (χ0) is 17.1. The van der Waals surface area contributed by atoms with Crippen LogP contribution in [0, 0.1) is 20.8 Å². The van der Waals surface area contributed by atoms with Crippen molar-refractivity contribution in [2.24, 2.45) is 0 Å². The number of rotatable bonds is 4. The van der Waals surface area contributed by atoms with Gasteiger partial charge in [-0.3, -0.25) is 4.79 Å². The maximum atomic E-state index is 12.6. The third-order valence-electron chi connectivity index (χ3n) is 4.02. The zero-order valence-corrected chi connectivity index (χ0v) is 14.1. The van der Waals surface area contributed by atoms with Gasteiger partial charge < -0.3 is 18.8 Å². The molecule has 1 atom stereocenters. The molecular formula is C17H21N3O4. The zero-order valence-electron chi connectivity index (χ0n) is 14.1. The van der Waals surface area contributed by atoms with E-state index in [0.717, 1.165) is 16.9 Å². The standard InChI is InChI=1S/C17H21N3O4/c1-11-5-4-6-12(2)16(11)23-10-15(21)20-7-8-22-9-14(20)17-19-18-13(3)24-17/h4-6,14H,7-10H2,1-3H3. The van der Waals surface area contributed by atoms with E-state index in [4.69, 9.17) is 13.9 Å². The third kappa shape index (κ3) is 3.41. The van der Waals surface area contributed by atoms with Crippen LogP contribution < -0.4 is 4.74 Å². The van der Waals surface area contributed by atoms with Crippen molar-refractivity contribution in [3.63, 3.8) is 0 Å². The lowest BCUT2D eigenvalue weighted by Gasteiger charge is -2.33. The van der Waals surface area contributed by atoms with E-state index in [1.165, 1.54) is 0 Å². The largest absolute Gasteiger partial charge is 0.483 e. The van der Waals surface area contributed by atoms with E-state index in [-0.39, 0.29) is 18.6 Å². The first-order chi connectivity index (χ1) is 11.6. The fourth-order valence-corrected chi connectivity index (χ4v) is 2.80. The molecule has 7 nitrogen and oxygen atoms in total. The van der Waals surface area contributed by atoms with Gasteiger partial charge in [0.05, 0.1) is 13.2 Å². The Balaban J connectivity index is 1.70. The van der Waals surface area contributed by atoms with Crippen molar-refractivity contribution in [1.82, 2.24) is 15.1 Å². The Kier molecular flexibility index (Phi) is 4.80. The molecule has 1 unspecified atom stereocenters. The summed E-state index contributed by atoms with van der Waals surface area (Å²) in [6.07, 6.45) is 0. The van der Waals surface area contributed by atoms with E-state index in [2.05, 4.69) is 10.2 Å². The molecule has 0 N–H and O–H groups in total. The second-order valence-corrected chi connectivity index (χ2v) is 5.85. The molecule has 0 radical (unpaired) electrons. The first-order valence-electron chi connectivity index (χ1n) is 7.92. The summed E-state index contributed by atoms with van der Waals surface area (Å²) in [4.78, 5) is 14.3. The number of hydrogen-bond acceptors (Lipinski definition) is 6. The number of nitrogens with zero attached hydrogens (tertiary/aromatic N) is 3. The SMILES string of the molecule is Cc1nnc(C2COCCN2C(=O)COc2c(C)cccc2C)o1. The van der Waals surface area contributed by atoms with Crippen LogP contribution in [0.3, 0.4) is 0 Å². The van der Waals surface area contributed by atoms with Crippen LogP contribution in [0.2, 0.25) is 0 Å². The fraction of sp³-hybridized carbons (Fsp3) is 0.471. The summed E-state index contributed by atoms with van der Waals surface area (Å²) >= 11 is 0. The number of aromatic nitrogens is 2. The van der Waals surface area contributed by atoms with Crippen molar-refractivity contribution >= 4 is 5.91 Å². The van der Waals surface area contributed by atoms with E-state index < -0.39 is 0 Å². The van der Waals surface area contributed by atoms with Crippen LogP contribution in [0.5, 0.6) is 5.75 Å². The average Bonchev–Trinajstić information content (AvgIpc) is 3.00. The highest BCUT2D eigenvalue weighted by molar-refractivity contribution is 5.78. The van der Waals surface area contributed by atoms with Crippen molar-refractivity contribution < 1.29 is 18.7 Å². The van der Waals surface area contributed by atoms with Crippen LogP contribution in [-0.2, 0) is 9.53 Å². The summed E-state index contributed by atoms with van der Waals surface area (Å²) in [5.41, 5.74) is 2.02. The molecule has 1 amide bonds.